The van der Waals surface area contributed by atoms with E-state index >= 15 is 0 Å². The predicted molar refractivity (Wildman–Crippen MR) is 248 cm³/mol. The number of imide groups is 2. The van der Waals surface area contributed by atoms with E-state index in [2.05, 4.69) is 49.1 Å². The van der Waals surface area contributed by atoms with Gasteiger partial charge in [-0.2, -0.15) is 4.98 Å². The molecule has 0 radical (unpaired) electrons. The molecule has 1 atom stereocenters. The van der Waals surface area contributed by atoms with Gasteiger partial charge >= 0.3 is 0 Å². The van der Waals surface area contributed by atoms with Gasteiger partial charge in [0.25, 0.3) is 11.8 Å². The van der Waals surface area contributed by atoms with Gasteiger partial charge in [-0.25, -0.2) is 13.4 Å². The Morgan fingerprint density at radius 1 is 0.938 bits per heavy atom. The number of carbonyl (C=O) groups is 5. The highest BCUT2D eigenvalue weighted by Gasteiger charge is 2.45. The van der Waals surface area contributed by atoms with Crippen molar-refractivity contribution >= 4 is 79.8 Å². The SMILES string of the molecule is Cc1cc(Nc2ncc(Cl)c(Nc3ccccc3S(=O)(=O)C(C)C)n2)c(OC(C)C)cc1C1CCN(CCCCC(=O)Nc2cccc3c2C(=O)N(C2CCC(=O)NC2=O)C3=O)CC1.[HH].[HH]. The second-order valence-electron chi connectivity index (χ2n) is 16.9. The molecule has 1 unspecified atom stereocenters. The molecule has 5 amide bonds. The van der Waals surface area contributed by atoms with Crippen LogP contribution >= 0.6 is 11.6 Å². The second kappa shape index (κ2) is 19.5. The third-order valence-corrected chi connectivity index (χ3v) is 14.2. The van der Waals surface area contributed by atoms with Gasteiger partial charge in [0.05, 0.1) is 50.6 Å². The van der Waals surface area contributed by atoms with Crippen molar-refractivity contribution in [1.29, 1.82) is 0 Å². The number of nitrogens with one attached hydrogen (secondary N) is 4. The Kier molecular flexibility index (Phi) is 14.0. The molecule has 18 heteroatoms. The molecular formula is C46H57ClN8O8S. The van der Waals surface area contributed by atoms with Crippen molar-refractivity contribution in [3.8, 4) is 5.75 Å². The summed E-state index contributed by atoms with van der Waals surface area (Å²) < 4.78 is 32.5. The lowest BCUT2D eigenvalue weighted by Crippen LogP contribution is -2.54. The zero-order valence-corrected chi connectivity index (χ0v) is 38.1. The molecule has 3 aliphatic heterocycles. The highest BCUT2D eigenvalue weighted by atomic mass is 35.5. The number of likely N-dealkylation sites (tertiary alicyclic amines) is 1. The molecular weight excluding hydrogens is 860 g/mol. The summed E-state index contributed by atoms with van der Waals surface area (Å²) in [5, 5.41) is 11.0. The molecule has 1 aromatic heterocycles. The van der Waals surface area contributed by atoms with Crippen LogP contribution in [0, 0.1) is 6.92 Å². The van der Waals surface area contributed by atoms with Crippen LogP contribution in [0.4, 0.5) is 28.8 Å². The highest BCUT2D eigenvalue weighted by Crippen LogP contribution is 2.39. The first kappa shape index (κ1) is 46.1. The Morgan fingerprint density at radius 2 is 1.67 bits per heavy atom. The van der Waals surface area contributed by atoms with Crippen molar-refractivity contribution in [3.63, 3.8) is 0 Å². The number of amides is 5. The topological polar surface area (TPSA) is 209 Å². The van der Waals surface area contributed by atoms with Crippen LogP contribution in [-0.2, 0) is 24.2 Å². The van der Waals surface area contributed by atoms with E-state index in [-0.39, 0.29) is 72.6 Å². The second-order valence-corrected chi connectivity index (χ2v) is 19.8. The number of rotatable bonds is 16. The van der Waals surface area contributed by atoms with Crippen LogP contribution in [0.15, 0.2) is 65.7 Å². The maximum Gasteiger partial charge on any atom is 0.264 e. The minimum absolute atomic E-state index is 0. The number of ether oxygens (including phenoxy) is 1. The Balaban J connectivity index is 0.00000408. The van der Waals surface area contributed by atoms with E-state index < -0.39 is 44.8 Å². The fraction of sp³-hybridized carbons (Fsp3) is 0.413. The zero-order valence-electron chi connectivity index (χ0n) is 36.5. The number of nitrogens with zero attached hydrogens (tertiary/aromatic N) is 4. The quantitative estimate of drug-likeness (QED) is 0.0626. The average molecular weight is 918 g/mol. The van der Waals surface area contributed by atoms with Crippen molar-refractivity contribution < 1.29 is 40.0 Å². The number of benzene rings is 3. The summed E-state index contributed by atoms with van der Waals surface area (Å²) in [6.07, 6.45) is 4.95. The van der Waals surface area contributed by atoms with Crippen LogP contribution in [-0.4, -0.2) is 94.8 Å². The van der Waals surface area contributed by atoms with E-state index in [4.69, 9.17) is 16.3 Å². The molecule has 2 fully saturated rings. The number of hydrogen-bond acceptors (Lipinski definition) is 13. The Morgan fingerprint density at radius 3 is 2.39 bits per heavy atom. The van der Waals surface area contributed by atoms with E-state index in [1.807, 2.05) is 19.9 Å². The first-order chi connectivity index (χ1) is 30.5. The summed E-state index contributed by atoms with van der Waals surface area (Å²) in [6.45, 7) is 11.9. The summed E-state index contributed by atoms with van der Waals surface area (Å²) in [6, 6.07) is 14.3. The van der Waals surface area contributed by atoms with E-state index in [0.29, 0.717) is 29.5 Å². The van der Waals surface area contributed by atoms with Crippen molar-refractivity contribution in [1.82, 2.24) is 25.1 Å². The van der Waals surface area contributed by atoms with E-state index in [0.717, 1.165) is 49.4 Å². The van der Waals surface area contributed by atoms with Crippen LogP contribution in [0.1, 0.15) is 113 Å². The number of para-hydroxylation sites is 1. The molecule has 0 aliphatic carbocycles. The van der Waals surface area contributed by atoms with Gasteiger partial charge in [0.15, 0.2) is 15.7 Å². The number of unbranched alkanes of at least 4 members (excludes halogenated alkanes) is 1. The summed E-state index contributed by atoms with van der Waals surface area (Å²) in [5.74, 6) is -1.26. The monoisotopic (exact) mass is 916 g/mol. The molecule has 4 aromatic rings. The minimum atomic E-state index is -3.59. The van der Waals surface area contributed by atoms with E-state index in [1.54, 1.807) is 50.2 Å². The Hall–Kier alpha value is -5.91. The number of fused-ring (bicyclic) bond motifs is 1. The first-order valence-corrected chi connectivity index (χ1v) is 23.5. The third-order valence-electron chi connectivity index (χ3n) is 11.7. The number of halogens is 1. The van der Waals surface area contributed by atoms with Crippen LogP contribution in [0.25, 0.3) is 0 Å². The van der Waals surface area contributed by atoms with Gasteiger partial charge in [0, 0.05) is 15.7 Å². The van der Waals surface area contributed by atoms with Crippen LogP contribution in [0.2, 0.25) is 5.02 Å². The molecule has 4 heterocycles. The summed E-state index contributed by atoms with van der Waals surface area (Å²) >= 11 is 6.50. The smallest absolute Gasteiger partial charge is 0.264 e. The van der Waals surface area contributed by atoms with Crippen LogP contribution < -0.4 is 26.0 Å². The van der Waals surface area contributed by atoms with Gasteiger partial charge < -0.3 is 25.6 Å². The standard InChI is InChI=1S/C46H53ClN8O8S.2H2/c1-26(2)63-37-24-31(28(5)23-35(37)51-46-48-25-32(47)42(53-46)50-33-12-6-7-14-38(33)64(61,62)27(3)4)29-18-21-54(22-19-29)20-9-8-15-39(56)49-34-13-10-11-30-41(34)45(60)55(44(30)59)36-16-17-40(57)52-43(36)58;;/h6-7,10-14,23-27,29,36H,8-9,15-22H2,1-5H3,(H,49,56)(H,52,57,58)(H2,48,50,51,53);2*1H. The third kappa shape index (κ3) is 10.1. The molecule has 0 bridgehead atoms. The summed E-state index contributed by atoms with van der Waals surface area (Å²) in [5.41, 5.74) is 3.71. The molecule has 16 nitrogen and oxygen atoms in total. The molecule has 3 aromatic carbocycles. The molecule has 0 spiro atoms. The van der Waals surface area contributed by atoms with E-state index in [1.165, 1.54) is 17.8 Å². The number of carbonyl (C=O) groups excluding carboxylic acids is 5. The molecule has 4 N–H and O–H groups in total. The van der Waals surface area contributed by atoms with Crippen molar-refractivity contribution in [2.75, 3.05) is 35.6 Å². The number of aryl methyl sites for hydroxylation is 1. The molecule has 342 valence electrons. The summed E-state index contributed by atoms with van der Waals surface area (Å²) in [7, 11) is -3.59. The number of aromatic nitrogens is 2. The maximum absolute atomic E-state index is 13.4. The van der Waals surface area contributed by atoms with Crippen molar-refractivity contribution in [2.24, 2.45) is 0 Å². The van der Waals surface area contributed by atoms with Crippen molar-refractivity contribution in [3.05, 3.63) is 88.1 Å². The molecule has 64 heavy (non-hydrogen) atoms. The zero-order chi connectivity index (χ0) is 45.9. The lowest BCUT2D eigenvalue weighted by molar-refractivity contribution is -0.136. The lowest BCUT2D eigenvalue weighted by atomic mass is 9.86. The molecule has 0 saturated carbocycles. The van der Waals surface area contributed by atoms with Crippen LogP contribution in [0.5, 0.6) is 5.75 Å². The molecule has 2 saturated heterocycles. The number of piperidine rings is 2. The van der Waals surface area contributed by atoms with Crippen LogP contribution in [0.3, 0.4) is 0 Å². The Labute approximate surface area is 380 Å². The normalized spacial score (nSPS) is 17.2. The van der Waals surface area contributed by atoms with Gasteiger partial charge in [-0.3, -0.25) is 34.2 Å². The fourth-order valence-corrected chi connectivity index (χ4v) is 9.69. The van der Waals surface area contributed by atoms with Gasteiger partial charge in [0.2, 0.25) is 23.7 Å². The number of anilines is 5. The van der Waals surface area contributed by atoms with E-state index in [9.17, 15) is 32.4 Å². The minimum Gasteiger partial charge on any atom is -0.489 e. The summed E-state index contributed by atoms with van der Waals surface area (Å²) in [4.78, 5) is 76.2. The maximum atomic E-state index is 13.4. The molecule has 3 aliphatic rings. The Bertz CT molecular complexity index is 2610. The van der Waals surface area contributed by atoms with Gasteiger partial charge in [-0.15, -0.1) is 0 Å². The fourth-order valence-electron chi connectivity index (χ4n) is 8.35. The first-order valence-electron chi connectivity index (χ1n) is 21.6. The van der Waals surface area contributed by atoms with Crippen molar-refractivity contribution in [2.45, 2.75) is 108 Å². The average Bonchev–Trinajstić information content (AvgIpc) is 3.50. The van der Waals surface area contributed by atoms with Gasteiger partial charge in [-0.1, -0.05) is 29.8 Å². The number of sulfone groups is 1. The number of hydrogen-bond donors (Lipinski definition) is 4. The lowest BCUT2D eigenvalue weighted by Gasteiger charge is -2.33. The predicted octanol–water partition coefficient (Wildman–Crippen LogP) is 7.78. The largest absolute Gasteiger partial charge is 0.489 e. The van der Waals surface area contributed by atoms with Gasteiger partial charge in [0.1, 0.15) is 16.8 Å². The van der Waals surface area contributed by atoms with Gasteiger partial charge in [-0.05, 0) is 140 Å². The highest BCUT2D eigenvalue weighted by molar-refractivity contribution is 7.92. The molecule has 7 rings (SSSR count).